The van der Waals surface area contributed by atoms with Gasteiger partial charge in [0.15, 0.2) is 0 Å². The third kappa shape index (κ3) is 3.18. The molecule has 3 aromatic rings. The van der Waals surface area contributed by atoms with Gasteiger partial charge >= 0.3 is 0 Å². The molecule has 0 bridgehead atoms. The smallest absolute Gasteiger partial charge is 0.233 e. The molecule has 0 saturated heterocycles. The Morgan fingerprint density at radius 2 is 1.66 bits per heavy atom. The van der Waals surface area contributed by atoms with Gasteiger partial charge in [0.05, 0.1) is 19.2 Å². The summed E-state index contributed by atoms with van der Waals surface area (Å²) in [7, 11) is 1.67. The van der Waals surface area contributed by atoms with Crippen molar-refractivity contribution >= 4 is 11.9 Å². The molecule has 1 aliphatic carbocycles. The van der Waals surface area contributed by atoms with Crippen molar-refractivity contribution < 1.29 is 9.53 Å². The van der Waals surface area contributed by atoms with Crippen LogP contribution in [0.25, 0.3) is 0 Å². The van der Waals surface area contributed by atoms with E-state index in [1.807, 2.05) is 21.7 Å². The minimum Gasteiger partial charge on any atom is -0.497 e. The first kappa shape index (κ1) is 17.9. The summed E-state index contributed by atoms with van der Waals surface area (Å²) < 4.78 is 7.20. The summed E-state index contributed by atoms with van der Waals surface area (Å²) >= 11 is 0. The second kappa shape index (κ2) is 7.03. The first-order chi connectivity index (χ1) is 14.2. The SMILES string of the molecule is COc1ccc(C2CC(c3ccc(C)cc3)N(C(=O)C3CC3)c3ncnn32)cc1. The quantitative estimate of drug-likeness (QED) is 0.676. The molecule has 148 valence electrons. The van der Waals surface area contributed by atoms with Crippen molar-refractivity contribution in [2.24, 2.45) is 5.92 Å². The highest BCUT2D eigenvalue weighted by Crippen LogP contribution is 2.44. The number of carbonyl (C=O) groups is 1. The normalized spacial score (nSPS) is 21.0. The van der Waals surface area contributed by atoms with Crippen LogP contribution in [0.5, 0.6) is 5.75 Å². The molecule has 0 spiro atoms. The van der Waals surface area contributed by atoms with Crippen LogP contribution in [0.4, 0.5) is 5.95 Å². The number of hydrogen-bond acceptors (Lipinski definition) is 4. The van der Waals surface area contributed by atoms with Gasteiger partial charge in [-0.05, 0) is 49.4 Å². The predicted molar refractivity (Wildman–Crippen MR) is 110 cm³/mol. The van der Waals surface area contributed by atoms with Crippen molar-refractivity contribution in [3.63, 3.8) is 0 Å². The molecular formula is C23H24N4O2. The first-order valence-electron chi connectivity index (χ1n) is 10.1. The fourth-order valence-electron chi connectivity index (χ4n) is 4.15. The van der Waals surface area contributed by atoms with E-state index in [4.69, 9.17) is 4.74 Å². The largest absolute Gasteiger partial charge is 0.497 e. The number of fused-ring (bicyclic) bond motifs is 1. The standard InChI is InChI=1S/C23H24N4O2/c1-15-3-5-16(6-4-15)20-13-21(17-9-11-19(29-2)12-10-17)27-23(24-14-25-27)26(20)22(28)18-7-8-18/h3-6,9-12,14,18,20-21H,7-8,13H2,1-2H3. The van der Waals surface area contributed by atoms with Gasteiger partial charge in [-0.3, -0.25) is 9.69 Å². The number of rotatable bonds is 4. The minimum absolute atomic E-state index is 0.00737. The molecule has 1 saturated carbocycles. The van der Waals surface area contributed by atoms with Crippen molar-refractivity contribution in [1.29, 1.82) is 0 Å². The Balaban J connectivity index is 1.60. The van der Waals surface area contributed by atoms with Crippen LogP contribution in [0.15, 0.2) is 54.9 Å². The van der Waals surface area contributed by atoms with E-state index in [0.717, 1.165) is 36.1 Å². The van der Waals surface area contributed by atoms with Crippen LogP contribution in [-0.4, -0.2) is 27.8 Å². The third-order valence-electron chi connectivity index (χ3n) is 5.95. The molecule has 2 aliphatic rings. The number of benzene rings is 2. The van der Waals surface area contributed by atoms with E-state index in [1.54, 1.807) is 13.4 Å². The molecule has 2 aromatic carbocycles. The average Bonchev–Trinajstić information content (AvgIpc) is 3.50. The Labute approximate surface area is 170 Å². The number of nitrogens with zero attached hydrogens (tertiary/aromatic N) is 4. The van der Waals surface area contributed by atoms with Gasteiger partial charge in [-0.1, -0.05) is 42.0 Å². The van der Waals surface area contributed by atoms with Crippen LogP contribution in [0.1, 0.15) is 48.0 Å². The van der Waals surface area contributed by atoms with E-state index >= 15 is 0 Å². The molecule has 1 fully saturated rings. The number of aromatic nitrogens is 3. The van der Waals surface area contributed by atoms with Gasteiger partial charge < -0.3 is 4.74 Å². The maximum atomic E-state index is 13.2. The van der Waals surface area contributed by atoms with Gasteiger partial charge in [-0.2, -0.15) is 10.1 Å². The van der Waals surface area contributed by atoms with Crippen LogP contribution in [0.3, 0.4) is 0 Å². The monoisotopic (exact) mass is 388 g/mol. The molecule has 2 atom stereocenters. The van der Waals surface area contributed by atoms with Crippen LogP contribution < -0.4 is 9.64 Å². The summed E-state index contributed by atoms with van der Waals surface area (Å²) in [5.41, 5.74) is 3.48. The second-order valence-electron chi connectivity index (χ2n) is 7.94. The van der Waals surface area contributed by atoms with Crippen LogP contribution >= 0.6 is 0 Å². The highest BCUT2D eigenvalue weighted by atomic mass is 16.5. The van der Waals surface area contributed by atoms with Gasteiger partial charge in [0.1, 0.15) is 12.1 Å². The van der Waals surface area contributed by atoms with Gasteiger partial charge in [0.2, 0.25) is 11.9 Å². The van der Waals surface area contributed by atoms with E-state index in [1.165, 1.54) is 5.56 Å². The molecule has 1 amide bonds. The Morgan fingerprint density at radius 1 is 1.00 bits per heavy atom. The maximum absolute atomic E-state index is 13.2. The molecule has 5 rings (SSSR count). The molecule has 2 heterocycles. The van der Waals surface area contributed by atoms with Crippen molar-refractivity contribution in [3.8, 4) is 5.75 Å². The number of ether oxygens (including phenoxy) is 1. The summed E-state index contributed by atoms with van der Waals surface area (Å²) in [6, 6.07) is 16.5. The second-order valence-corrected chi connectivity index (χ2v) is 7.94. The van der Waals surface area contributed by atoms with Gasteiger partial charge in [-0.25, -0.2) is 4.68 Å². The van der Waals surface area contributed by atoms with Crippen molar-refractivity contribution in [1.82, 2.24) is 14.8 Å². The predicted octanol–water partition coefficient (Wildman–Crippen LogP) is 4.07. The molecule has 1 aromatic heterocycles. The highest BCUT2D eigenvalue weighted by molar-refractivity contribution is 5.96. The summed E-state index contributed by atoms with van der Waals surface area (Å²) in [6.45, 7) is 2.08. The van der Waals surface area contributed by atoms with E-state index in [9.17, 15) is 4.79 Å². The summed E-state index contributed by atoms with van der Waals surface area (Å²) in [5.74, 6) is 1.74. The Bertz CT molecular complexity index is 1020. The van der Waals surface area contributed by atoms with E-state index in [-0.39, 0.29) is 23.9 Å². The topological polar surface area (TPSA) is 60.2 Å². The number of anilines is 1. The summed E-state index contributed by atoms with van der Waals surface area (Å²) in [4.78, 5) is 19.6. The third-order valence-corrected chi connectivity index (χ3v) is 5.95. The Kier molecular flexibility index (Phi) is 4.34. The van der Waals surface area contributed by atoms with Crippen LogP contribution in [0, 0.1) is 12.8 Å². The molecule has 29 heavy (non-hydrogen) atoms. The molecule has 0 radical (unpaired) electrons. The molecule has 6 heteroatoms. The van der Waals surface area contributed by atoms with Gasteiger partial charge in [-0.15, -0.1) is 0 Å². The summed E-state index contributed by atoms with van der Waals surface area (Å²) in [6.07, 6.45) is 4.23. The van der Waals surface area contributed by atoms with Crippen LogP contribution in [0.2, 0.25) is 0 Å². The van der Waals surface area contributed by atoms with Crippen molar-refractivity contribution in [2.45, 2.75) is 38.3 Å². The fraction of sp³-hybridized carbons (Fsp3) is 0.348. The molecule has 2 unspecified atom stereocenters. The Morgan fingerprint density at radius 3 is 2.31 bits per heavy atom. The molecular weight excluding hydrogens is 364 g/mol. The minimum atomic E-state index is -0.0625. The van der Waals surface area contributed by atoms with E-state index in [2.05, 4.69) is 53.4 Å². The maximum Gasteiger partial charge on any atom is 0.233 e. The number of carbonyl (C=O) groups excluding carboxylic acids is 1. The zero-order chi connectivity index (χ0) is 20.0. The molecule has 6 nitrogen and oxygen atoms in total. The van der Waals surface area contributed by atoms with Gasteiger partial charge in [0.25, 0.3) is 0 Å². The number of hydrogen-bond donors (Lipinski definition) is 0. The van der Waals surface area contributed by atoms with Crippen LogP contribution in [-0.2, 0) is 4.79 Å². The average molecular weight is 388 g/mol. The molecule has 0 N–H and O–H groups in total. The number of amides is 1. The zero-order valence-electron chi connectivity index (χ0n) is 16.7. The van der Waals surface area contributed by atoms with E-state index in [0.29, 0.717) is 5.95 Å². The first-order valence-corrected chi connectivity index (χ1v) is 10.1. The van der Waals surface area contributed by atoms with Crippen molar-refractivity contribution in [3.05, 3.63) is 71.5 Å². The Hall–Kier alpha value is -3.15. The lowest BCUT2D eigenvalue weighted by Gasteiger charge is -2.39. The lowest BCUT2D eigenvalue weighted by molar-refractivity contribution is -0.120. The number of methoxy groups -OCH3 is 1. The van der Waals surface area contributed by atoms with Gasteiger partial charge in [0, 0.05) is 5.92 Å². The van der Waals surface area contributed by atoms with Crippen molar-refractivity contribution in [2.75, 3.05) is 12.0 Å². The zero-order valence-corrected chi connectivity index (χ0v) is 16.7. The number of aryl methyl sites for hydroxylation is 1. The molecule has 1 aliphatic heterocycles. The van der Waals surface area contributed by atoms with E-state index < -0.39 is 0 Å². The fourth-order valence-corrected chi connectivity index (χ4v) is 4.15. The summed E-state index contributed by atoms with van der Waals surface area (Å²) in [5, 5.41) is 4.49. The lowest BCUT2D eigenvalue weighted by Crippen LogP contribution is -2.43. The highest BCUT2D eigenvalue weighted by Gasteiger charge is 2.44. The lowest BCUT2D eigenvalue weighted by atomic mass is 9.91.